The van der Waals surface area contributed by atoms with Crippen molar-refractivity contribution in [1.29, 1.82) is 0 Å². The number of carbonyl (C=O) groups excluding carboxylic acids is 2. The summed E-state index contributed by atoms with van der Waals surface area (Å²) in [6, 6.07) is 16.1. The topological polar surface area (TPSA) is 84.6 Å². The maximum Gasteiger partial charge on any atom is 0.540 e. The molecule has 5 aromatic rings. The van der Waals surface area contributed by atoms with Crippen molar-refractivity contribution in [3.05, 3.63) is 100 Å². The Morgan fingerprint density at radius 3 is 2.50 bits per heavy atom. The third-order valence-corrected chi connectivity index (χ3v) is 8.54. The van der Waals surface area contributed by atoms with Gasteiger partial charge in [-0.25, -0.2) is 18.4 Å². The number of rotatable bonds is 9. The molecule has 1 fully saturated rings. The first kappa shape index (κ1) is 29.7. The van der Waals surface area contributed by atoms with Crippen LogP contribution in [0.15, 0.2) is 76.7 Å². The van der Waals surface area contributed by atoms with Crippen LogP contribution in [0.25, 0.3) is 16.6 Å². The van der Waals surface area contributed by atoms with E-state index in [9.17, 15) is 9.59 Å². The lowest BCUT2D eigenvalue weighted by molar-refractivity contribution is 0.0520. The highest BCUT2D eigenvalue weighted by Gasteiger charge is 2.36. The highest BCUT2D eigenvalue weighted by Crippen LogP contribution is 2.52. The van der Waals surface area contributed by atoms with Crippen LogP contribution in [-0.2, 0) is 11.2 Å². The molecule has 1 aliphatic rings. The van der Waals surface area contributed by atoms with E-state index in [1.54, 1.807) is 60.0 Å². The number of ether oxygens (including phenoxy) is 2. The molecule has 0 N–H and O–H groups in total. The van der Waals surface area contributed by atoms with Crippen LogP contribution in [0, 0.1) is 11.6 Å². The highest BCUT2D eigenvalue weighted by atomic mass is 35.5. The van der Waals surface area contributed by atoms with Gasteiger partial charge in [0.25, 0.3) is 0 Å². The molecular weight excluding hydrogens is 612 g/mol. The van der Waals surface area contributed by atoms with Gasteiger partial charge >= 0.3 is 12.1 Å². The molecule has 2 aromatic heterocycles. The largest absolute Gasteiger partial charge is 0.540 e. The monoisotopic (exact) mass is 637 g/mol. The molecule has 12 heteroatoms. The fourth-order valence-electron chi connectivity index (χ4n) is 4.99. The Morgan fingerprint density at radius 1 is 1.02 bits per heavy atom. The van der Waals surface area contributed by atoms with E-state index >= 15 is 8.78 Å². The van der Waals surface area contributed by atoms with Crippen LogP contribution in [0.1, 0.15) is 54.4 Å². The summed E-state index contributed by atoms with van der Waals surface area (Å²) in [5.41, 5.74) is 1.73. The molecule has 1 aliphatic carbocycles. The lowest BCUT2D eigenvalue weighted by Gasteiger charge is -2.12. The highest BCUT2D eigenvalue weighted by molar-refractivity contribution is 7.99. The minimum atomic E-state index is -1.00. The second kappa shape index (κ2) is 12.3. The zero-order chi connectivity index (χ0) is 31.0. The minimum absolute atomic E-state index is 0.0383. The maximum atomic E-state index is 16.0. The summed E-state index contributed by atoms with van der Waals surface area (Å²) >= 11 is 7.39. The Balaban J connectivity index is 1.47. The van der Waals surface area contributed by atoms with Gasteiger partial charge in [0.1, 0.15) is 5.75 Å². The number of carbonyl (C=O) groups is 2. The molecule has 0 radical (unpaired) electrons. The number of aryl methyl sites for hydroxylation is 1. The number of nitrogens with zero attached hydrogens (tertiary/aromatic N) is 3. The fraction of sp³-hybridized carbons (Fsp3) is 0.219. The number of para-hydroxylation sites is 1. The smallest absolute Gasteiger partial charge is 0.462 e. The molecule has 0 aliphatic heterocycles. The third kappa shape index (κ3) is 5.65. The number of esters is 1. The quantitative estimate of drug-likeness (QED) is 0.119. The Kier molecular flexibility index (Phi) is 8.33. The first-order chi connectivity index (χ1) is 21.3. The molecule has 0 spiro atoms. The van der Waals surface area contributed by atoms with Crippen LogP contribution in [0.3, 0.4) is 0 Å². The summed E-state index contributed by atoms with van der Waals surface area (Å²) in [4.78, 5) is 32.0. The van der Waals surface area contributed by atoms with Crippen molar-refractivity contribution < 1.29 is 32.7 Å². The van der Waals surface area contributed by atoms with Crippen LogP contribution in [0.5, 0.6) is 5.75 Å². The van der Waals surface area contributed by atoms with Crippen molar-refractivity contribution in [1.82, 2.24) is 14.5 Å². The lowest BCUT2D eigenvalue weighted by atomic mass is 10.2. The SMILES string of the molecule is CCOC(=O)c1cccc(Sc2c(C3CC3)n(-c3cn(OC(=O)Oc4ccccc4)nc3CC)c3c(F)c(Cl)ccc23)c1F. The minimum Gasteiger partial charge on any atom is -0.462 e. The predicted octanol–water partition coefficient (Wildman–Crippen LogP) is 8.15. The maximum absolute atomic E-state index is 16.0. The van der Waals surface area contributed by atoms with Crippen molar-refractivity contribution >= 4 is 46.4 Å². The number of hydrogen-bond donors (Lipinski definition) is 0. The van der Waals surface area contributed by atoms with Crippen LogP contribution in [0.2, 0.25) is 5.02 Å². The van der Waals surface area contributed by atoms with E-state index < -0.39 is 23.8 Å². The van der Waals surface area contributed by atoms with E-state index in [2.05, 4.69) is 5.10 Å². The Hall–Kier alpha value is -4.35. The summed E-state index contributed by atoms with van der Waals surface area (Å²) in [7, 11) is 0. The van der Waals surface area contributed by atoms with Crippen molar-refractivity contribution in [3.63, 3.8) is 0 Å². The first-order valence-electron chi connectivity index (χ1n) is 14.0. The van der Waals surface area contributed by atoms with Gasteiger partial charge in [-0.3, -0.25) is 4.84 Å². The number of fused-ring (bicyclic) bond motifs is 1. The molecule has 2 heterocycles. The Bertz CT molecular complexity index is 1890. The molecule has 0 bridgehead atoms. The first-order valence-corrected chi connectivity index (χ1v) is 15.2. The second-order valence-corrected chi connectivity index (χ2v) is 11.5. The van der Waals surface area contributed by atoms with Gasteiger partial charge < -0.3 is 14.0 Å². The second-order valence-electron chi connectivity index (χ2n) is 10.00. The van der Waals surface area contributed by atoms with Crippen molar-refractivity contribution in [2.24, 2.45) is 0 Å². The Labute approximate surface area is 260 Å². The number of hydrogen-bond acceptors (Lipinski definition) is 7. The van der Waals surface area contributed by atoms with E-state index in [1.165, 1.54) is 18.3 Å². The Morgan fingerprint density at radius 2 is 1.80 bits per heavy atom. The van der Waals surface area contributed by atoms with Gasteiger partial charge in [0.15, 0.2) is 11.6 Å². The summed E-state index contributed by atoms with van der Waals surface area (Å²) in [5.74, 6) is -1.80. The molecule has 0 atom stereocenters. The molecule has 3 aromatic carbocycles. The van der Waals surface area contributed by atoms with Gasteiger partial charge in [0, 0.05) is 26.8 Å². The van der Waals surface area contributed by atoms with Crippen molar-refractivity contribution in [3.8, 4) is 11.4 Å². The standard InChI is InChI=1S/C32H26ClF2N3O5S/c1-3-23-24(17-37(36-23)43-32(40)42-19-9-6-5-7-10-19)38-28(18-13-14-18)30(21-15-16-22(33)27(35)29(21)38)44-25-12-8-11-20(26(25)34)31(39)41-4-2/h5-12,15-18H,3-4,13-14H2,1-2H3. The molecular formula is C32H26ClF2N3O5S. The van der Waals surface area contributed by atoms with E-state index in [1.807, 2.05) is 6.92 Å². The number of benzene rings is 3. The van der Waals surface area contributed by atoms with Crippen molar-refractivity contribution in [2.75, 3.05) is 6.61 Å². The van der Waals surface area contributed by atoms with Gasteiger partial charge in [0.2, 0.25) is 0 Å². The van der Waals surface area contributed by atoms with Crippen LogP contribution in [0.4, 0.5) is 13.6 Å². The van der Waals surface area contributed by atoms with Crippen LogP contribution in [-0.4, -0.2) is 33.2 Å². The molecule has 226 valence electrons. The van der Waals surface area contributed by atoms with E-state index in [-0.39, 0.29) is 33.5 Å². The normalized spacial score (nSPS) is 12.8. The average molecular weight is 638 g/mol. The average Bonchev–Trinajstić information content (AvgIpc) is 3.69. The summed E-state index contributed by atoms with van der Waals surface area (Å²) in [6.45, 7) is 3.63. The predicted molar refractivity (Wildman–Crippen MR) is 161 cm³/mol. The summed E-state index contributed by atoms with van der Waals surface area (Å²) < 4.78 is 43.6. The molecule has 1 saturated carbocycles. The third-order valence-electron chi connectivity index (χ3n) is 7.08. The lowest BCUT2D eigenvalue weighted by Crippen LogP contribution is -2.23. The molecule has 6 rings (SSSR count). The van der Waals surface area contributed by atoms with Gasteiger partial charge in [-0.15, -0.1) is 5.10 Å². The van der Waals surface area contributed by atoms with E-state index in [0.717, 1.165) is 35.1 Å². The molecule has 0 saturated heterocycles. The number of halogens is 3. The van der Waals surface area contributed by atoms with Crippen molar-refractivity contribution in [2.45, 2.75) is 48.8 Å². The van der Waals surface area contributed by atoms with Crippen LogP contribution < -0.4 is 9.57 Å². The van der Waals surface area contributed by atoms with Gasteiger partial charge in [0.05, 0.1) is 40.3 Å². The van der Waals surface area contributed by atoms with E-state index in [0.29, 0.717) is 33.8 Å². The van der Waals surface area contributed by atoms with Gasteiger partial charge in [-0.05, 0) is 62.6 Å². The molecule has 44 heavy (non-hydrogen) atoms. The molecule has 0 amide bonds. The van der Waals surface area contributed by atoms with Gasteiger partial charge in [-0.2, -0.15) is 0 Å². The summed E-state index contributed by atoms with van der Waals surface area (Å²) in [5, 5.41) is 4.85. The molecule has 0 unspecified atom stereocenters. The number of aromatic nitrogens is 3. The molecule has 8 nitrogen and oxygen atoms in total. The zero-order valence-electron chi connectivity index (χ0n) is 23.7. The summed E-state index contributed by atoms with van der Waals surface area (Å²) in [6.07, 6.45) is 2.56. The van der Waals surface area contributed by atoms with Crippen LogP contribution >= 0.6 is 23.4 Å². The zero-order valence-corrected chi connectivity index (χ0v) is 25.3. The van der Waals surface area contributed by atoms with Gasteiger partial charge in [-0.1, -0.05) is 59.4 Å². The van der Waals surface area contributed by atoms with E-state index in [4.69, 9.17) is 25.9 Å². The fourth-order valence-corrected chi connectivity index (χ4v) is 6.35.